The van der Waals surface area contributed by atoms with E-state index in [0.29, 0.717) is 16.7 Å². The van der Waals surface area contributed by atoms with Crippen LogP contribution >= 0.6 is 34.3 Å². The Kier molecular flexibility index (Phi) is 6.00. The summed E-state index contributed by atoms with van der Waals surface area (Å²) < 4.78 is 6.88. The van der Waals surface area contributed by atoms with E-state index in [1.165, 1.54) is 22.7 Å². The minimum atomic E-state index is -0.0226. The lowest BCUT2D eigenvalue weighted by atomic mass is 10.2. The Bertz CT molecular complexity index is 1180. The van der Waals surface area contributed by atoms with Crippen LogP contribution in [0.3, 0.4) is 0 Å². The predicted octanol–water partition coefficient (Wildman–Crippen LogP) is 5.83. The van der Waals surface area contributed by atoms with E-state index in [1.807, 2.05) is 53.9 Å². The van der Waals surface area contributed by atoms with Crippen molar-refractivity contribution in [1.29, 1.82) is 0 Å². The number of nitrogens with zero attached hydrogens (tertiary/aromatic N) is 3. The molecule has 0 radical (unpaired) electrons. The number of para-hydroxylation sites is 1. The summed E-state index contributed by atoms with van der Waals surface area (Å²) in [6.07, 6.45) is 2.25. The highest BCUT2D eigenvalue weighted by Gasteiger charge is 2.27. The van der Waals surface area contributed by atoms with Crippen LogP contribution in [0.15, 0.2) is 53.9 Å². The second kappa shape index (κ2) is 9.04. The number of benzene rings is 2. The van der Waals surface area contributed by atoms with Gasteiger partial charge < -0.3 is 4.74 Å². The Hall–Kier alpha value is -2.32. The molecule has 0 bridgehead atoms. The second-order valence-corrected chi connectivity index (χ2v) is 9.68. The predicted molar refractivity (Wildman–Crippen MR) is 127 cm³/mol. The molecular formula is C23H20ClN3O2S2. The van der Waals surface area contributed by atoms with E-state index in [2.05, 4.69) is 4.98 Å². The first-order valence-electron chi connectivity index (χ1n) is 10.1. The summed E-state index contributed by atoms with van der Waals surface area (Å²) in [6, 6.07) is 15.6. The van der Waals surface area contributed by atoms with Gasteiger partial charge in [-0.2, -0.15) is 0 Å². The number of carbonyl (C=O) groups excluding carboxylic acids is 1. The molecule has 158 valence electrons. The standard InChI is InChI=1S/C23H20ClN3O2S2/c24-18-8-2-1-7-17(18)22-25-15(14-30-22)12-21(28)27(13-16-6-5-11-29-16)23-26-19-9-3-4-10-20(19)31-23/h1-4,7-10,14,16H,5-6,11-13H2. The number of halogens is 1. The van der Waals surface area contributed by atoms with Crippen molar-refractivity contribution >= 4 is 55.5 Å². The molecule has 1 aliphatic rings. The van der Waals surface area contributed by atoms with Gasteiger partial charge in [0.25, 0.3) is 0 Å². The van der Waals surface area contributed by atoms with Crippen LogP contribution in [0.2, 0.25) is 5.02 Å². The highest BCUT2D eigenvalue weighted by Crippen LogP contribution is 2.32. The number of carbonyl (C=O) groups is 1. The first-order valence-corrected chi connectivity index (χ1v) is 12.2. The first-order chi connectivity index (χ1) is 15.2. The average Bonchev–Trinajstić information content (AvgIpc) is 3.53. The van der Waals surface area contributed by atoms with Crippen LogP contribution in [-0.4, -0.2) is 35.1 Å². The molecule has 1 unspecified atom stereocenters. The summed E-state index contributed by atoms with van der Waals surface area (Å²) >= 11 is 9.34. The SMILES string of the molecule is O=C(Cc1csc(-c2ccccc2Cl)n1)N(CC1CCCO1)c1nc2ccccc2s1. The first kappa shape index (κ1) is 20.6. The minimum absolute atomic E-state index is 0.0226. The third-order valence-corrected chi connectivity index (χ3v) is 7.53. The van der Waals surface area contributed by atoms with E-state index in [0.717, 1.165) is 45.9 Å². The Morgan fingerprint density at radius 3 is 2.81 bits per heavy atom. The Labute approximate surface area is 193 Å². The molecule has 0 aliphatic carbocycles. The molecule has 2 aromatic heterocycles. The summed E-state index contributed by atoms with van der Waals surface area (Å²) in [5, 5.41) is 4.12. The van der Waals surface area contributed by atoms with E-state index in [4.69, 9.17) is 21.3 Å². The smallest absolute Gasteiger partial charge is 0.234 e. The number of aromatic nitrogens is 2. The lowest BCUT2D eigenvalue weighted by Crippen LogP contribution is -2.38. The van der Waals surface area contributed by atoms with Gasteiger partial charge in [0.1, 0.15) is 5.01 Å². The number of hydrogen-bond acceptors (Lipinski definition) is 6. The Balaban J connectivity index is 1.40. The summed E-state index contributed by atoms with van der Waals surface area (Å²) in [4.78, 5) is 24.5. The number of amides is 1. The fraction of sp³-hybridized carbons (Fsp3) is 0.261. The van der Waals surface area contributed by atoms with E-state index >= 15 is 0 Å². The van der Waals surface area contributed by atoms with Gasteiger partial charge in [0, 0.05) is 17.6 Å². The van der Waals surface area contributed by atoms with Crippen LogP contribution in [0.1, 0.15) is 18.5 Å². The zero-order chi connectivity index (χ0) is 21.2. The van der Waals surface area contributed by atoms with Crippen LogP contribution in [0.4, 0.5) is 5.13 Å². The van der Waals surface area contributed by atoms with Gasteiger partial charge in [0.15, 0.2) is 5.13 Å². The molecule has 1 atom stereocenters. The quantitative estimate of drug-likeness (QED) is 0.356. The molecule has 2 aromatic carbocycles. The molecule has 0 saturated carbocycles. The third kappa shape index (κ3) is 4.50. The van der Waals surface area contributed by atoms with Crippen molar-refractivity contribution in [3.8, 4) is 10.6 Å². The molecule has 1 saturated heterocycles. The molecule has 31 heavy (non-hydrogen) atoms. The van der Waals surface area contributed by atoms with E-state index in [1.54, 1.807) is 4.90 Å². The number of ether oxygens (including phenoxy) is 1. The lowest BCUT2D eigenvalue weighted by Gasteiger charge is -2.22. The maximum atomic E-state index is 13.4. The van der Waals surface area contributed by atoms with Crippen molar-refractivity contribution in [2.24, 2.45) is 0 Å². The molecule has 0 N–H and O–H groups in total. The second-order valence-electron chi connectivity index (χ2n) is 7.40. The Morgan fingerprint density at radius 1 is 1.16 bits per heavy atom. The third-order valence-electron chi connectivity index (χ3n) is 5.21. The highest BCUT2D eigenvalue weighted by atomic mass is 35.5. The van der Waals surface area contributed by atoms with Crippen molar-refractivity contribution in [3.63, 3.8) is 0 Å². The largest absolute Gasteiger partial charge is 0.376 e. The maximum absolute atomic E-state index is 13.4. The fourth-order valence-corrected chi connectivity index (χ4v) is 5.78. The van der Waals surface area contributed by atoms with Gasteiger partial charge in [-0.05, 0) is 31.0 Å². The summed E-state index contributed by atoms with van der Waals surface area (Å²) in [6.45, 7) is 1.26. The zero-order valence-electron chi connectivity index (χ0n) is 16.7. The molecular weight excluding hydrogens is 450 g/mol. The zero-order valence-corrected chi connectivity index (χ0v) is 19.1. The highest BCUT2D eigenvalue weighted by molar-refractivity contribution is 7.22. The van der Waals surface area contributed by atoms with Gasteiger partial charge in [0.2, 0.25) is 5.91 Å². The molecule has 1 fully saturated rings. The summed E-state index contributed by atoms with van der Waals surface area (Å²) in [5.41, 5.74) is 2.53. The lowest BCUT2D eigenvalue weighted by molar-refractivity contribution is -0.118. The van der Waals surface area contributed by atoms with Crippen molar-refractivity contribution in [1.82, 2.24) is 9.97 Å². The van der Waals surface area contributed by atoms with Gasteiger partial charge in [-0.25, -0.2) is 9.97 Å². The minimum Gasteiger partial charge on any atom is -0.376 e. The number of anilines is 1. The molecule has 4 aromatic rings. The monoisotopic (exact) mass is 469 g/mol. The van der Waals surface area contributed by atoms with Gasteiger partial charge >= 0.3 is 0 Å². The van der Waals surface area contributed by atoms with Gasteiger partial charge in [-0.15, -0.1) is 11.3 Å². The van der Waals surface area contributed by atoms with Crippen molar-refractivity contribution < 1.29 is 9.53 Å². The van der Waals surface area contributed by atoms with E-state index < -0.39 is 0 Å². The van der Waals surface area contributed by atoms with E-state index in [-0.39, 0.29) is 18.4 Å². The molecule has 5 rings (SSSR count). The van der Waals surface area contributed by atoms with Crippen molar-refractivity contribution in [2.45, 2.75) is 25.4 Å². The fourth-order valence-electron chi connectivity index (χ4n) is 3.65. The number of thiazole rings is 2. The van der Waals surface area contributed by atoms with Crippen LogP contribution in [0, 0.1) is 0 Å². The molecule has 5 nitrogen and oxygen atoms in total. The van der Waals surface area contributed by atoms with Crippen LogP contribution < -0.4 is 4.90 Å². The number of fused-ring (bicyclic) bond motifs is 1. The number of rotatable bonds is 6. The normalized spacial score (nSPS) is 16.1. The average molecular weight is 470 g/mol. The van der Waals surface area contributed by atoms with Crippen molar-refractivity contribution in [2.75, 3.05) is 18.1 Å². The van der Waals surface area contributed by atoms with Gasteiger partial charge in [-0.3, -0.25) is 9.69 Å². The van der Waals surface area contributed by atoms with Crippen molar-refractivity contribution in [3.05, 3.63) is 64.6 Å². The molecule has 8 heteroatoms. The molecule has 1 amide bonds. The van der Waals surface area contributed by atoms with Crippen LogP contribution in [0.5, 0.6) is 0 Å². The number of hydrogen-bond donors (Lipinski definition) is 0. The topological polar surface area (TPSA) is 55.3 Å². The maximum Gasteiger partial charge on any atom is 0.234 e. The molecule has 1 aliphatic heterocycles. The van der Waals surface area contributed by atoms with E-state index in [9.17, 15) is 4.79 Å². The van der Waals surface area contributed by atoms with Crippen LogP contribution in [-0.2, 0) is 16.0 Å². The summed E-state index contributed by atoms with van der Waals surface area (Å²) in [7, 11) is 0. The molecule has 0 spiro atoms. The Morgan fingerprint density at radius 2 is 2.00 bits per heavy atom. The van der Waals surface area contributed by atoms with Crippen LogP contribution in [0.25, 0.3) is 20.8 Å². The molecule has 3 heterocycles. The van der Waals surface area contributed by atoms with Gasteiger partial charge in [-0.1, -0.05) is 53.3 Å². The summed E-state index contributed by atoms with van der Waals surface area (Å²) in [5.74, 6) is -0.0226. The van der Waals surface area contributed by atoms with Gasteiger partial charge in [0.05, 0.1) is 40.0 Å².